The number of imide groups is 1. The topological polar surface area (TPSA) is 66.9 Å². The van der Waals surface area contributed by atoms with E-state index in [1.54, 1.807) is 43.3 Å². The van der Waals surface area contributed by atoms with Crippen LogP contribution in [0.1, 0.15) is 44.8 Å². The molecule has 6 nitrogen and oxygen atoms in total. The van der Waals surface area contributed by atoms with Crippen molar-refractivity contribution in [3.8, 4) is 5.75 Å². The minimum absolute atomic E-state index is 0.171. The summed E-state index contributed by atoms with van der Waals surface area (Å²) in [5, 5.41) is -0.799. The third-order valence-electron chi connectivity index (χ3n) is 6.44. The highest BCUT2D eigenvalue weighted by Crippen LogP contribution is 2.49. The van der Waals surface area contributed by atoms with E-state index in [1.807, 2.05) is 6.92 Å². The number of β-lactam (4-membered cyclic amide) rings is 1. The highest BCUT2D eigenvalue weighted by atomic mass is 35.5. The molecule has 37 heavy (non-hydrogen) atoms. The Labute approximate surface area is 231 Å². The second kappa shape index (κ2) is 9.48. The first-order valence-electron chi connectivity index (χ1n) is 11.1. The summed E-state index contributed by atoms with van der Waals surface area (Å²) in [6.45, 7) is 3.91. The molecule has 0 spiro atoms. The average Bonchev–Trinajstić information content (AvgIpc) is 3.13. The van der Waals surface area contributed by atoms with Gasteiger partial charge in [-0.05, 0) is 49.2 Å². The van der Waals surface area contributed by atoms with Gasteiger partial charge in [0.1, 0.15) is 17.6 Å². The molecule has 3 aromatic rings. The van der Waals surface area contributed by atoms with Crippen LogP contribution in [0.3, 0.4) is 0 Å². The van der Waals surface area contributed by atoms with Gasteiger partial charge in [0, 0.05) is 5.69 Å². The molecule has 0 N–H and O–H groups in total. The van der Waals surface area contributed by atoms with Gasteiger partial charge in [-0.2, -0.15) is 0 Å². The van der Waals surface area contributed by atoms with Gasteiger partial charge in [-0.3, -0.25) is 19.3 Å². The van der Waals surface area contributed by atoms with Crippen molar-refractivity contribution < 1.29 is 23.5 Å². The molecule has 11 heteroatoms. The lowest BCUT2D eigenvalue weighted by atomic mass is 9.86. The first-order valence-corrected chi connectivity index (χ1v) is 12.6. The molecule has 3 amide bonds. The molecule has 2 aliphatic rings. The van der Waals surface area contributed by atoms with Crippen LogP contribution >= 0.6 is 46.4 Å². The van der Waals surface area contributed by atoms with Gasteiger partial charge in [0.05, 0.1) is 43.9 Å². The lowest BCUT2D eigenvalue weighted by Crippen LogP contribution is -2.67. The Morgan fingerprint density at radius 1 is 0.811 bits per heavy atom. The summed E-state index contributed by atoms with van der Waals surface area (Å²) in [5.41, 5.74) is 0.846. The van der Waals surface area contributed by atoms with E-state index in [9.17, 15) is 18.8 Å². The predicted molar refractivity (Wildman–Crippen MR) is 140 cm³/mol. The normalized spacial score (nSPS) is 18.8. The Bertz CT molecular complexity index is 1450. The number of anilines is 1. The molecule has 2 heterocycles. The number of hydrogen-bond donors (Lipinski definition) is 0. The minimum atomic E-state index is -1.25. The molecule has 0 bridgehead atoms. The number of amides is 3. The van der Waals surface area contributed by atoms with Crippen molar-refractivity contribution in [2.75, 3.05) is 11.5 Å². The predicted octanol–water partition coefficient (Wildman–Crippen LogP) is 6.90. The van der Waals surface area contributed by atoms with Crippen LogP contribution in [-0.4, -0.2) is 35.3 Å². The van der Waals surface area contributed by atoms with E-state index in [0.717, 1.165) is 4.90 Å². The number of carbonyl (C=O) groups excluding carboxylic acids is 3. The van der Waals surface area contributed by atoms with Crippen LogP contribution in [0.2, 0.25) is 20.1 Å². The van der Waals surface area contributed by atoms with Gasteiger partial charge in [0.25, 0.3) is 17.7 Å². The number of fused-ring (bicyclic) bond motifs is 1. The number of ether oxygens (including phenoxy) is 1. The fourth-order valence-electron chi connectivity index (χ4n) is 4.62. The summed E-state index contributed by atoms with van der Waals surface area (Å²) in [5.74, 6) is -2.13. The molecule has 0 aromatic heterocycles. The molecular weight excluding hydrogens is 565 g/mol. The quantitative estimate of drug-likeness (QED) is 0.142. The molecule has 0 saturated carbocycles. The summed E-state index contributed by atoms with van der Waals surface area (Å²) in [4.78, 5) is 42.7. The number of aryl methyl sites for hydroxylation is 1. The maximum atomic E-state index is 14.4. The smallest absolute Gasteiger partial charge is 0.264 e. The minimum Gasteiger partial charge on any atom is -0.494 e. The van der Waals surface area contributed by atoms with Crippen molar-refractivity contribution in [2.45, 2.75) is 25.9 Å². The first-order chi connectivity index (χ1) is 17.6. The Morgan fingerprint density at radius 2 is 1.38 bits per heavy atom. The van der Waals surface area contributed by atoms with Crippen LogP contribution in [0.25, 0.3) is 0 Å². The molecule has 1 fully saturated rings. The zero-order valence-electron chi connectivity index (χ0n) is 19.3. The van der Waals surface area contributed by atoms with Crippen LogP contribution in [0, 0.1) is 12.7 Å². The van der Waals surface area contributed by atoms with Gasteiger partial charge in [0.2, 0.25) is 0 Å². The van der Waals surface area contributed by atoms with Crippen molar-refractivity contribution in [2.24, 2.45) is 0 Å². The van der Waals surface area contributed by atoms with E-state index in [1.165, 1.54) is 11.0 Å². The molecule has 1 saturated heterocycles. The first kappa shape index (κ1) is 25.8. The highest BCUT2D eigenvalue weighted by molar-refractivity contribution is 6.55. The van der Waals surface area contributed by atoms with Crippen molar-refractivity contribution in [3.05, 3.63) is 90.6 Å². The van der Waals surface area contributed by atoms with Crippen LogP contribution in [0.4, 0.5) is 10.1 Å². The van der Waals surface area contributed by atoms with Gasteiger partial charge in [0.15, 0.2) is 0 Å². The molecule has 5 rings (SSSR count). The number of halogens is 5. The van der Waals surface area contributed by atoms with Crippen molar-refractivity contribution in [1.82, 2.24) is 4.90 Å². The van der Waals surface area contributed by atoms with Gasteiger partial charge in [-0.15, -0.1) is 0 Å². The average molecular weight is 582 g/mol. The van der Waals surface area contributed by atoms with E-state index in [2.05, 4.69) is 0 Å². The molecule has 2 aliphatic heterocycles. The standard InChI is InChI=1S/C26H17Cl4FN2O4/c1-3-37-14-8-5-12(6-9-14)22-23(26(36)32(22)13-7-4-11(2)15(31)10-13)33-24(34)16-17(25(33)35)19(28)21(30)20(29)18(16)27/h4-10,22-23H,3H2,1-2H3. The lowest BCUT2D eigenvalue weighted by molar-refractivity contribution is -0.130. The number of hydrogen-bond acceptors (Lipinski definition) is 4. The van der Waals surface area contributed by atoms with Crippen LogP contribution in [0.5, 0.6) is 5.75 Å². The zero-order valence-corrected chi connectivity index (χ0v) is 22.3. The molecular formula is C26H17Cl4FN2O4. The second-order valence-electron chi connectivity index (χ2n) is 8.52. The Balaban J connectivity index is 1.62. The third-order valence-corrected chi connectivity index (χ3v) is 8.25. The maximum Gasteiger partial charge on any atom is 0.264 e. The van der Waals surface area contributed by atoms with Crippen LogP contribution < -0.4 is 9.64 Å². The summed E-state index contributed by atoms with van der Waals surface area (Å²) in [6.07, 6.45) is 0. The number of benzene rings is 3. The Kier molecular flexibility index (Phi) is 6.61. The zero-order chi connectivity index (χ0) is 26.8. The van der Waals surface area contributed by atoms with Crippen molar-refractivity contribution >= 4 is 69.8 Å². The molecule has 0 aliphatic carbocycles. The number of rotatable bonds is 5. The van der Waals surface area contributed by atoms with Gasteiger partial charge in [-0.25, -0.2) is 4.39 Å². The van der Waals surface area contributed by atoms with Gasteiger partial charge in [-0.1, -0.05) is 64.6 Å². The molecule has 190 valence electrons. The fourth-order valence-corrected chi connectivity index (χ4v) is 5.64. The summed E-state index contributed by atoms with van der Waals surface area (Å²) in [6, 6.07) is 9.17. The Hall–Kier alpha value is -2.84. The van der Waals surface area contributed by atoms with Crippen molar-refractivity contribution in [1.29, 1.82) is 0 Å². The lowest BCUT2D eigenvalue weighted by Gasteiger charge is -2.49. The molecule has 0 radical (unpaired) electrons. The Morgan fingerprint density at radius 3 is 1.89 bits per heavy atom. The third kappa shape index (κ3) is 3.87. The molecule has 2 atom stereocenters. The number of nitrogens with zero attached hydrogens (tertiary/aromatic N) is 2. The fraction of sp³-hybridized carbons (Fsp3) is 0.192. The van der Waals surface area contributed by atoms with E-state index < -0.39 is 35.6 Å². The monoisotopic (exact) mass is 580 g/mol. The molecule has 2 unspecified atom stereocenters. The van der Waals surface area contributed by atoms with E-state index in [0.29, 0.717) is 23.5 Å². The number of carbonyl (C=O) groups is 3. The second-order valence-corrected chi connectivity index (χ2v) is 10.0. The summed E-state index contributed by atoms with van der Waals surface area (Å²) >= 11 is 24.8. The van der Waals surface area contributed by atoms with Crippen LogP contribution in [0.15, 0.2) is 42.5 Å². The highest BCUT2D eigenvalue weighted by Gasteiger charge is 2.58. The van der Waals surface area contributed by atoms with E-state index >= 15 is 0 Å². The van der Waals surface area contributed by atoms with Crippen LogP contribution in [-0.2, 0) is 4.79 Å². The largest absolute Gasteiger partial charge is 0.494 e. The van der Waals surface area contributed by atoms with Gasteiger partial charge < -0.3 is 9.64 Å². The molecule has 3 aromatic carbocycles. The van der Waals surface area contributed by atoms with E-state index in [4.69, 9.17) is 51.1 Å². The summed E-state index contributed by atoms with van der Waals surface area (Å²) in [7, 11) is 0. The summed E-state index contributed by atoms with van der Waals surface area (Å²) < 4.78 is 19.9. The van der Waals surface area contributed by atoms with Gasteiger partial charge >= 0.3 is 0 Å². The maximum absolute atomic E-state index is 14.4. The SMILES string of the molecule is CCOc1ccc(C2C(N3C(=O)c4c(Cl)c(Cl)c(Cl)c(Cl)c4C3=O)C(=O)N2c2ccc(C)c(F)c2)cc1. The van der Waals surface area contributed by atoms with Crippen molar-refractivity contribution in [3.63, 3.8) is 0 Å². The van der Waals surface area contributed by atoms with E-state index in [-0.39, 0.29) is 36.9 Å².